The number of fused-ring (bicyclic) bond motifs is 1. The molecule has 0 radical (unpaired) electrons. The molecular formula is C29H37N7O5. The molecule has 12 heteroatoms. The van der Waals surface area contributed by atoms with Crippen LogP contribution in [0, 0.1) is 5.92 Å². The van der Waals surface area contributed by atoms with Gasteiger partial charge < -0.3 is 29.7 Å². The first-order valence-electron chi connectivity index (χ1n) is 14.3. The Balaban J connectivity index is 1.22. The van der Waals surface area contributed by atoms with Gasteiger partial charge in [-0.25, -0.2) is 9.98 Å². The first-order valence-corrected chi connectivity index (χ1v) is 14.3. The van der Waals surface area contributed by atoms with Crippen LogP contribution in [-0.4, -0.2) is 100 Å². The number of nitrogens with one attached hydrogen (secondary N) is 2. The summed E-state index contributed by atoms with van der Waals surface area (Å²) in [6, 6.07) is 6.76. The van der Waals surface area contributed by atoms with Crippen molar-refractivity contribution in [1.29, 1.82) is 0 Å². The summed E-state index contributed by atoms with van der Waals surface area (Å²) in [5, 5.41) is 6.25. The lowest BCUT2D eigenvalue weighted by molar-refractivity contribution is -0.153. The van der Waals surface area contributed by atoms with E-state index in [4.69, 9.17) is 19.2 Å². The van der Waals surface area contributed by atoms with Gasteiger partial charge in [-0.1, -0.05) is 26.0 Å². The van der Waals surface area contributed by atoms with Crippen molar-refractivity contribution in [1.82, 2.24) is 30.0 Å². The highest BCUT2D eigenvalue weighted by atomic mass is 16.6. The molecule has 0 saturated carbocycles. The van der Waals surface area contributed by atoms with Crippen molar-refractivity contribution in [3.05, 3.63) is 55.3 Å². The number of rotatable bonds is 6. The maximum Gasteiger partial charge on any atom is 0.252 e. The number of imidazole rings is 1. The lowest BCUT2D eigenvalue weighted by atomic mass is 9.91. The summed E-state index contributed by atoms with van der Waals surface area (Å²) in [5.41, 5.74) is -0.716. The number of carbonyl (C=O) groups is 2. The molecular weight excluding hydrogens is 526 g/mol. The van der Waals surface area contributed by atoms with Crippen molar-refractivity contribution in [3.8, 4) is 11.5 Å². The zero-order valence-corrected chi connectivity index (χ0v) is 23.4. The second-order valence-corrected chi connectivity index (χ2v) is 11.1. The van der Waals surface area contributed by atoms with Gasteiger partial charge in [-0.2, -0.15) is 0 Å². The van der Waals surface area contributed by atoms with E-state index in [9.17, 15) is 9.59 Å². The van der Waals surface area contributed by atoms with E-state index in [1.807, 2.05) is 47.3 Å². The Kier molecular flexibility index (Phi) is 7.67. The number of amides is 2. The van der Waals surface area contributed by atoms with Crippen LogP contribution in [0.2, 0.25) is 0 Å². The molecule has 2 aromatic rings. The summed E-state index contributed by atoms with van der Waals surface area (Å²) in [7, 11) is 0. The molecule has 41 heavy (non-hydrogen) atoms. The standard InChI is InChI=1S/C29H37N7O5/c1-20(2)29(9-10-31-28(33-29)34-12-11-30-19-34)35-13-14-36(27(38)25-8-5-15-39-25)22(17-35)26(37)32-16-21-18-40-23-6-3-4-7-24(23)41-21/h3-4,6-7,9-12,19-22,25H,5,8,13-18H2,1-2H3,(H,31,33)(H,32,37). The van der Waals surface area contributed by atoms with E-state index in [-0.39, 0.29) is 30.4 Å². The number of para-hydroxylation sites is 2. The smallest absolute Gasteiger partial charge is 0.252 e. The van der Waals surface area contributed by atoms with Gasteiger partial charge in [0, 0.05) is 44.8 Å². The summed E-state index contributed by atoms with van der Waals surface area (Å²) in [4.78, 5) is 40.6. The Morgan fingerprint density at radius 1 is 1.22 bits per heavy atom. The van der Waals surface area contributed by atoms with Gasteiger partial charge in [0.15, 0.2) is 11.5 Å². The van der Waals surface area contributed by atoms with Crippen molar-refractivity contribution in [2.45, 2.75) is 50.6 Å². The van der Waals surface area contributed by atoms with Crippen molar-refractivity contribution >= 4 is 17.8 Å². The Morgan fingerprint density at radius 3 is 2.83 bits per heavy atom. The normalized spacial score (nSPS) is 27.8. The SMILES string of the molecule is CC(C)C1(N2CCN(C(=O)C3CCCO3)C(C(=O)NCC3COc4ccccc4O3)C2)C=CNC(n2ccnc2)=N1. The van der Waals surface area contributed by atoms with Gasteiger partial charge >= 0.3 is 0 Å². The zero-order valence-electron chi connectivity index (χ0n) is 23.4. The maximum atomic E-state index is 13.8. The highest BCUT2D eigenvalue weighted by Crippen LogP contribution is 2.34. The molecule has 1 aromatic carbocycles. The number of hydrogen-bond donors (Lipinski definition) is 2. The molecule has 5 heterocycles. The molecule has 4 atom stereocenters. The first kappa shape index (κ1) is 27.3. The molecule has 4 aliphatic heterocycles. The third kappa shape index (κ3) is 5.41. The summed E-state index contributed by atoms with van der Waals surface area (Å²) in [5.74, 6) is 1.70. The van der Waals surface area contributed by atoms with E-state index in [0.29, 0.717) is 56.7 Å². The predicted octanol–water partition coefficient (Wildman–Crippen LogP) is 1.20. The number of carbonyl (C=O) groups excluding carboxylic acids is 2. The average molecular weight is 564 g/mol. The molecule has 4 aliphatic rings. The summed E-state index contributed by atoms with van der Waals surface area (Å²) in [6.07, 6.45) is 9.82. The van der Waals surface area contributed by atoms with E-state index in [1.165, 1.54) is 0 Å². The minimum absolute atomic E-state index is 0.0800. The first-order chi connectivity index (χ1) is 19.9. The van der Waals surface area contributed by atoms with E-state index >= 15 is 0 Å². The van der Waals surface area contributed by atoms with Crippen LogP contribution in [0.25, 0.3) is 0 Å². The van der Waals surface area contributed by atoms with Gasteiger partial charge in [-0.05, 0) is 37.0 Å². The molecule has 0 bridgehead atoms. The van der Waals surface area contributed by atoms with Crippen LogP contribution in [-0.2, 0) is 14.3 Å². The molecule has 2 N–H and O–H groups in total. The number of aliphatic imine (C=N–C) groups is 1. The van der Waals surface area contributed by atoms with Crippen LogP contribution in [0.5, 0.6) is 11.5 Å². The predicted molar refractivity (Wildman–Crippen MR) is 150 cm³/mol. The van der Waals surface area contributed by atoms with Gasteiger partial charge in [0.1, 0.15) is 36.8 Å². The fourth-order valence-corrected chi connectivity index (χ4v) is 5.91. The lowest BCUT2D eigenvalue weighted by Crippen LogP contribution is -2.67. The van der Waals surface area contributed by atoms with E-state index in [1.54, 1.807) is 17.4 Å². The monoisotopic (exact) mass is 563 g/mol. The Morgan fingerprint density at radius 2 is 2.07 bits per heavy atom. The van der Waals surface area contributed by atoms with Crippen LogP contribution in [0.3, 0.4) is 0 Å². The third-order valence-electron chi connectivity index (χ3n) is 8.17. The summed E-state index contributed by atoms with van der Waals surface area (Å²) < 4.78 is 19.4. The molecule has 2 saturated heterocycles. The fourth-order valence-electron chi connectivity index (χ4n) is 5.91. The van der Waals surface area contributed by atoms with Crippen molar-refractivity contribution < 1.29 is 23.8 Å². The highest BCUT2D eigenvalue weighted by molar-refractivity contribution is 5.90. The topological polar surface area (TPSA) is 123 Å². The van der Waals surface area contributed by atoms with Gasteiger partial charge in [0.25, 0.3) is 5.91 Å². The number of piperazine rings is 1. The van der Waals surface area contributed by atoms with E-state index < -0.39 is 17.8 Å². The third-order valence-corrected chi connectivity index (χ3v) is 8.17. The number of aromatic nitrogens is 2. The number of ether oxygens (including phenoxy) is 3. The van der Waals surface area contributed by atoms with Crippen LogP contribution in [0.4, 0.5) is 0 Å². The minimum atomic E-state index is -0.719. The molecule has 218 valence electrons. The summed E-state index contributed by atoms with van der Waals surface area (Å²) >= 11 is 0. The molecule has 2 fully saturated rings. The molecule has 4 unspecified atom stereocenters. The highest BCUT2D eigenvalue weighted by Gasteiger charge is 2.47. The van der Waals surface area contributed by atoms with E-state index in [2.05, 4.69) is 34.4 Å². The van der Waals surface area contributed by atoms with Crippen molar-refractivity contribution in [3.63, 3.8) is 0 Å². The van der Waals surface area contributed by atoms with Gasteiger partial charge in [-0.15, -0.1) is 0 Å². The largest absolute Gasteiger partial charge is 0.486 e. The van der Waals surface area contributed by atoms with Crippen molar-refractivity contribution in [2.24, 2.45) is 10.9 Å². The number of benzene rings is 1. The van der Waals surface area contributed by atoms with Gasteiger partial charge in [-0.3, -0.25) is 19.1 Å². The zero-order chi connectivity index (χ0) is 28.4. The Hall–Kier alpha value is -3.90. The van der Waals surface area contributed by atoms with E-state index in [0.717, 1.165) is 6.42 Å². The molecule has 12 nitrogen and oxygen atoms in total. The lowest BCUT2D eigenvalue weighted by Gasteiger charge is -2.49. The van der Waals surface area contributed by atoms with Crippen molar-refractivity contribution in [2.75, 3.05) is 39.4 Å². The molecule has 0 spiro atoms. The molecule has 0 aliphatic carbocycles. The molecule has 1 aromatic heterocycles. The average Bonchev–Trinajstić information content (AvgIpc) is 3.75. The Labute approximate surface area is 239 Å². The minimum Gasteiger partial charge on any atom is -0.486 e. The van der Waals surface area contributed by atoms with Gasteiger partial charge in [0.05, 0.1) is 6.54 Å². The number of nitrogens with zero attached hydrogens (tertiary/aromatic N) is 5. The van der Waals surface area contributed by atoms with Crippen LogP contribution < -0.4 is 20.1 Å². The molecule has 6 rings (SSSR count). The van der Waals surface area contributed by atoms with Crippen LogP contribution >= 0.6 is 0 Å². The fraction of sp³-hybridized carbons (Fsp3) is 0.517. The molecule has 2 amide bonds. The summed E-state index contributed by atoms with van der Waals surface area (Å²) in [6.45, 7) is 6.64. The second-order valence-electron chi connectivity index (χ2n) is 11.1. The van der Waals surface area contributed by atoms with Crippen LogP contribution in [0.1, 0.15) is 26.7 Å². The quantitative estimate of drug-likeness (QED) is 0.538. The van der Waals surface area contributed by atoms with Gasteiger partial charge in [0.2, 0.25) is 11.9 Å². The second kappa shape index (κ2) is 11.5. The Bertz CT molecular complexity index is 1310. The van der Waals surface area contributed by atoms with Crippen LogP contribution in [0.15, 0.2) is 60.3 Å². The number of hydrogen-bond acceptors (Lipinski definition) is 9. The maximum absolute atomic E-state index is 13.8.